The van der Waals surface area contributed by atoms with Crippen LogP contribution >= 0.6 is 0 Å². The maximum absolute atomic E-state index is 5.42. The Balaban J connectivity index is 1.88. The number of rotatable bonds is 7. The van der Waals surface area contributed by atoms with Crippen LogP contribution in [-0.4, -0.2) is 19.2 Å². The van der Waals surface area contributed by atoms with Crippen LogP contribution in [0.3, 0.4) is 0 Å². The molecule has 0 bridgehead atoms. The molecule has 112 valence electrons. The molecule has 0 saturated heterocycles. The zero-order chi connectivity index (χ0) is 15.1. The lowest BCUT2D eigenvalue weighted by Crippen LogP contribution is -2.37. The summed E-state index contributed by atoms with van der Waals surface area (Å²) >= 11 is 0. The lowest BCUT2D eigenvalue weighted by Gasteiger charge is -2.21. The van der Waals surface area contributed by atoms with Crippen LogP contribution in [0.2, 0.25) is 0 Å². The summed E-state index contributed by atoms with van der Waals surface area (Å²) in [7, 11) is 1.73. The van der Waals surface area contributed by atoms with Crippen LogP contribution in [0.15, 0.2) is 54.6 Å². The lowest BCUT2D eigenvalue weighted by atomic mass is 10.0. The molecule has 0 fully saturated rings. The summed E-state index contributed by atoms with van der Waals surface area (Å²) in [6, 6.07) is 19.7. The smallest absolute Gasteiger partial charge is 0.122 e. The highest BCUT2D eigenvalue weighted by Gasteiger charge is 2.11. The average molecular weight is 283 g/mol. The topological polar surface area (TPSA) is 21.3 Å². The monoisotopic (exact) mass is 283 g/mol. The van der Waals surface area contributed by atoms with Gasteiger partial charge in [0.1, 0.15) is 5.75 Å². The maximum atomic E-state index is 5.42. The van der Waals surface area contributed by atoms with E-state index in [-0.39, 0.29) is 0 Å². The van der Waals surface area contributed by atoms with Crippen molar-refractivity contribution < 1.29 is 4.74 Å². The van der Waals surface area contributed by atoms with Gasteiger partial charge in [-0.15, -0.1) is 0 Å². The van der Waals surface area contributed by atoms with Gasteiger partial charge in [0.15, 0.2) is 0 Å². The van der Waals surface area contributed by atoms with Gasteiger partial charge in [0.2, 0.25) is 0 Å². The molecule has 0 aromatic heterocycles. The van der Waals surface area contributed by atoms with E-state index >= 15 is 0 Å². The molecule has 2 unspecified atom stereocenters. The first-order chi connectivity index (χ1) is 10.2. The Morgan fingerprint density at radius 1 is 0.857 bits per heavy atom. The average Bonchev–Trinajstić information content (AvgIpc) is 2.48. The number of ether oxygens (including phenoxy) is 1. The number of methoxy groups -OCH3 is 1. The minimum atomic E-state index is 0.417. The van der Waals surface area contributed by atoms with Crippen LogP contribution in [0.5, 0.6) is 5.75 Å². The summed E-state index contributed by atoms with van der Waals surface area (Å²) in [6.45, 7) is 4.47. The zero-order valence-corrected chi connectivity index (χ0v) is 13.2. The largest absolute Gasteiger partial charge is 0.496 e. The van der Waals surface area contributed by atoms with E-state index in [0.717, 1.165) is 18.6 Å². The van der Waals surface area contributed by atoms with Gasteiger partial charge in [-0.25, -0.2) is 0 Å². The second-order valence-electron chi connectivity index (χ2n) is 5.67. The first-order valence-corrected chi connectivity index (χ1v) is 7.61. The third kappa shape index (κ3) is 4.91. The van der Waals surface area contributed by atoms with Crippen LogP contribution < -0.4 is 10.1 Å². The second-order valence-corrected chi connectivity index (χ2v) is 5.67. The molecule has 2 rings (SSSR count). The molecule has 2 nitrogen and oxygen atoms in total. The maximum Gasteiger partial charge on any atom is 0.122 e. The number of hydrogen-bond acceptors (Lipinski definition) is 2. The van der Waals surface area contributed by atoms with E-state index in [1.165, 1.54) is 11.1 Å². The highest BCUT2D eigenvalue weighted by molar-refractivity contribution is 5.33. The van der Waals surface area contributed by atoms with E-state index in [1.807, 2.05) is 12.1 Å². The summed E-state index contributed by atoms with van der Waals surface area (Å²) in [5.41, 5.74) is 2.63. The van der Waals surface area contributed by atoms with Crippen LogP contribution in [0, 0.1) is 0 Å². The number of benzene rings is 2. The van der Waals surface area contributed by atoms with E-state index in [0.29, 0.717) is 12.1 Å². The first kappa shape index (κ1) is 15.6. The van der Waals surface area contributed by atoms with Gasteiger partial charge >= 0.3 is 0 Å². The van der Waals surface area contributed by atoms with E-state index in [4.69, 9.17) is 4.74 Å². The molecule has 0 aliphatic heterocycles. The fraction of sp³-hybridized carbons (Fsp3) is 0.368. The Bertz CT molecular complexity index is 538. The molecule has 2 atom stereocenters. The van der Waals surface area contributed by atoms with Gasteiger partial charge in [-0.1, -0.05) is 48.5 Å². The molecule has 2 aromatic carbocycles. The Morgan fingerprint density at radius 3 is 2.19 bits per heavy atom. The minimum absolute atomic E-state index is 0.417. The van der Waals surface area contributed by atoms with Gasteiger partial charge in [-0.2, -0.15) is 0 Å². The van der Waals surface area contributed by atoms with Crippen molar-refractivity contribution in [3.8, 4) is 5.75 Å². The molecule has 0 aliphatic carbocycles. The summed E-state index contributed by atoms with van der Waals surface area (Å²) in [5, 5.41) is 3.67. The molecule has 0 spiro atoms. The molecule has 1 N–H and O–H groups in total. The quantitative estimate of drug-likeness (QED) is 0.833. The molecular formula is C19H25NO. The zero-order valence-electron chi connectivity index (χ0n) is 13.2. The highest BCUT2D eigenvalue weighted by atomic mass is 16.5. The minimum Gasteiger partial charge on any atom is -0.496 e. The van der Waals surface area contributed by atoms with Crippen molar-refractivity contribution >= 4 is 0 Å². The van der Waals surface area contributed by atoms with Crippen LogP contribution in [0.1, 0.15) is 25.0 Å². The summed E-state index contributed by atoms with van der Waals surface area (Å²) in [4.78, 5) is 0. The van der Waals surface area contributed by atoms with Gasteiger partial charge in [-0.05, 0) is 43.9 Å². The van der Waals surface area contributed by atoms with Gasteiger partial charge in [0.05, 0.1) is 7.11 Å². The molecule has 0 heterocycles. The van der Waals surface area contributed by atoms with Gasteiger partial charge < -0.3 is 10.1 Å². The fourth-order valence-corrected chi connectivity index (χ4v) is 2.77. The molecular weight excluding hydrogens is 258 g/mol. The predicted octanol–water partition coefficient (Wildman–Crippen LogP) is 3.85. The van der Waals surface area contributed by atoms with E-state index < -0.39 is 0 Å². The number of nitrogens with one attached hydrogen (secondary N) is 1. The predicted molar refractivity (Wildman–Crippen MR) is 88.9 cm³/mol. The Labute approximate surface area is 128 Å². The molecule has 0 radical (unpaired) electrons. The van der Waals surface area contributed by atoms with Gasteiger partial charge in [-0.3, -0.25) is 0 Å². The standard InChI is InChI=1S/C19H25NO/c1-15(13-17-9-5-4-6-10-17)20-16(2)14-18-11-7-8-12-19(18)21-3/h4-12,15-16,20H,13-14H2,1-3H3. The van der Waals surface area contributed by atoms with Crippen molar-refractivity contribution in [3.63, 3.8) is 0 Å². The van der Waals surface area contributed by atoms with Crippen molar-refractivity contribution in [3.05, 3.63) is 65.7 Å². The van der Waals surface area contributed by atoms with Crippen molar-refractivity contribution in [2.75, 3.05) is 7.11 Å². The van der Waals surface area contributed by atoms with E-state index in [9.17, 15) is 0 Å². The normalized spacial score (nSPS) is 13.7. The van der Waals surface area contributed by atoms with Crippen LogP contribution in [0.25, 0.3) is 0 Å². The van der Waals surface area contributed by atoms with Crippen molar-refractivity contribution in [1.29, 1.82) is 0 Å². The first-order valence-electron chi connectivity index (χ1n) is 7.61. The lowest BCUT2D eigenvalue weighted by molar-refractivity contribution is 0.402. The van der Waals surface area contributed by atoms with Gasteiger partial charge in [0, 0.05) is 12.1 Å². The highest BCUT2D eigenvalue weighted by Crippen LogP contribution is 2.19. The van der Waals surface area contributed by atoms with E-state index in [2.05, 4.69) is 61.6 Å². The summed E-state index contributed by atoms with van der Waals surface area (Å²) in [6.07, 6.45) is 2.03. The molecule has 2 aromatic rings. The molecule has 2 heteroatoms. The Kier molecular flexibility index (Phi) is 5.82. The van der Waals surface area contributed by atoms with Crippen molar-refractivity contribution in [2.45, 2.75) is 38.8 Å². The van der Waals surface area contributed by atoms with E-state index in [1.54, 1.807) is 7.11 Å². The second kappa shape index (κ2) is 7.84. The Hall–Kier alpha value is -1.80. The fourth-order valence-electron chi connectivity index (χ4n) is 2.77. The SMILES string of the molecule is COc1ccccc1CC(C)NC(C)Cc1ccccc1. The Morgan fingerprint density at radius 2 is 1.48 bits per heavy atom. The molecule has 21 heavy (non-hydrogen) atoms. The van der Waals surface area contributed by atoms with Crippen molar-refractivity contribution in [1.82, 2.24) is 5.32 Å². The van der Waals surface area contributed by atoms with Crippen LogP contribution in [-0.2, 0) is 12.8 Å². The summed E-state index contributed by atoms with van der Waals surface area (Å²) in [5.74, 6) is 0.974. The number of para-hydroxylation sites is 1. The number of hydrogen-bond donors (Lipinski definition) is 1. The van der Waals surface area contributed by atoms with Crippen molar-refractivity contribution in [2.24, 2.45) is 0 Å². The van der Waals surface area contributed by atoms with Crippen LogP contribution in [0.4, 0.5) is 0 Å². The summed E-state index contributed by atoms with van der Waals surface area (Å²) < 4.78 is 5.42. The third-order valence-corrected chi connectivity index (χ3v) is 3.67. The van der Waals surface area contributed by atoms with Gasteiger partial charge in [0.25, 0.3) is 0 Å². The molecule has 0 aliphatic rings. The third-order valence-electron chi connectivity index (χ3n) is 3.67. The molecule has 0 saturated carbocycles. The molecule has 0 amide bonds.